The number of nitrogens with zero attached hydrogens (tertiary/aromatic N) is 1. The molecule has 0 fully saturated rings. The van der Waals surface area contributed by atoms with Crippen molar-refractivity contribution in [2.24, 2.45) is 5.73 Å². The van der Waals surface area contributed by atoms with Crippen LogP contribution in [0.2, 0.25) is 0 Å². The summed E-state index contributed by atoms with van der Waals surface area (Å²) in [6, 6.07) is 17.7. The van der Waals surface area contributed by atoms with E-state index in [1.54, 1.807) is 6.20 Å². The minimum atomic E-state index is 0.0308. The molecular formula is C17H16N2O. The van der Waals surface area contributed by atoms with Crippen molar-refractivity contribution in [1.82, 2.24) is 4.98 Å². The van der Waals surface area contributed by atoms with Gasteiger partial charge in [-0.15, -0.1) is 0 Å². The van der Waals surface area contributed by atoms with Crippen molar-refractivity contribution < 1.29 is 4.74 Å². The zero-order chi connectivity index (χ0) is 13.9. The summed E-state index contributed by atoms with van der Waals surface area (Å²) >= 11 is 0. The maximum atomic E-state index is 5.92. The maximum Gasteiger partial charge on any atom is 0.153 e. The first kappa shape index (κ1) is 12.6. The molecule has 100 valence electrons. The largest absolute Gasteiger partial charge is 0.455 e. The number of para-hydroxylation sites is 1. The SMILES string of the molecule is C[C@@H](N)c1ccc(Oc2cccc3cccnc23)cc1. The number of pyridine rings is 1. The molecule has 3 aromatic rings. The second-order valence-corrected chi connectivity index (χ2v) is 4.79. The first-order valence-corrected chi connectivity index (χ1v) is 6.61. The van der Waals surface area contributed by atoms with Crippen LogP contribution in [0.3, 0.4) is 0 Å². The summed E-state index contributed by atoms with van der Waals surface area (Å²) < 4.78 is 5.92. The highest BCUT2D eigenvalue weighted by atomic mass is 16.5. The first-order valence-electron chi connectivity index (χ1n) is 6.61. The van der Waals surface area contributed by atoms with Gasteiger partial charge in [-0.05, 0) is 36.8 Å². The van der Waals surface area contributed by atoms with Crippen molar-refractivity contribution in [3.05, 3.63) is 66.4 Å². The monoisotopic (exact) mass is 264 g/mol. The summed E-state index contributed by atoms with van der Waals surface area (Å²) in [5.74, 6) is 1.55. The Labute approximate surface area is 118 Å². The van der Waals surface area contributed by atoms with Gasteiger partial charge in [-0.25, -0.2) is 0 Å². The van der Waals surface area contributed by atoms with Crippen molar-refractivity contribution in [1.29, 1.82) is 0 Å². The third kappa shape index (κ3) is 2.49. The van der Waals surface area contributed by atoms with Gasteiger partial charge in [0.1, 0.15) is 11.3 Å². The fourth-order valence-electron chi connectivity index (χ4n) is 2.12. The van der Waals surface area contributed by atoms with E-state index >= 15 is 0 Å². The van der Waals surface area contributed by atoms with Crippen molar-refractivity contribution in [2.45, 2.75) is 13.0 Å². The Kier molecular flexibility index (Phi) is 3.35. The standard InChI is InChI=1S/C17H16N2O/c1-12(18)13-7-9-15(10-8-13)20-16-6-2-4-14-5-3-11-19-17(14)16/h2-12H,18H2,1H3/t12-/m1/s1. The average Bonchev–Trinajstić information content (AvgIpc) is 2.48. The molecule has 1 heterocycles. The molecule has 0 spiro atoms. The van der Waals surface area contributed by atoms with Crippen LogP contribution in [0.25, 0.3) is 10.9 Å². The van der Waals surface area contributed by atoms with E-state index in [2.05, 4.69) is 4.98 Å². The second kappa shape index (κ2) is 5.31. The molecule has 0 unspecified atom stereocenters. The summed E-state index contributed by atoms with van der Waals surface area (Å²) in [4.78, 5) is 4.38. The molecule has 2 aromatic carbocycles. The van der Waals surface area contributed by atoms with Gasteiger partial charge in [-0.3, -0.25) is 4.98 Å². The van der Waals surface area contributed by atoms with Crippen molar-refractivity contribution in [3.63, 3.8) is 0 Å². The fourth-order valence-corrected chi connectivity index (χ4v) is 2.12. The summed E-state index contributed by atoms with van der Waals surface area (Å²) in [7, 11) is 0. The van der Waals surface area contributed by atoms with Gasteiger partial charge < -0.3 is 10.5 Å². The van der Waals surface area contributed by atoms with Crippen LogP contribution >= 0.6 is 0 Å². The summed E-state index contributed by atoms with van der Waals surface area (Å²) in [6.07, 6.45) is 1.77. The van der Waals surface area contributed by atoms with Crippen molar-refractivity contribution in [3.8, 4) is 11.5 Å². The highest BCUT2D eigenvalue weighted by molar-refractivity contribution is 5.84. The molecule has 0 amide bonds. The zero-order valence-corrected chi connectivity index (χ0v) is 11.3. The number of hydrogen-bond donors (Lipinski definition) is 1. The number of fused-ring (bicyclic) bond motifs is 1. The first-order chi connectivity index (χ1) is 9.74. The van der Waals surface area contributed by atoms with Gasteiger partial charge in [0.25, 0.3) is 0 Å². The van der Waals surface area contributed by atoms with Crippen LogP contribution in [0.1, 0.15) is 18.5 Å². The Morgan fingerprint density at radius 2 is 1.75 bits per heavy atom. The smallest absolute Gasteiger partial charge is 0.153 e. The fraction of sp³-hybridized carbons (Fsp3) is 0.118. The van der Waals surface area contributed by atoms with Gasteiger partial charge in [0.05, 0.1) is 0 Å². The third-order valence-corrected chi connectivity index (χ3v) is 3.23. The minimum absolute atomic E-state index is 0.0308. The van der Waals surface area contributed by atoms with E-state index in [0.717, 1.165) is 28.0 Å². The molecule has 3 rings (SSSR count). The Balaban J connectivity index is 1.93. The second-order valence-electron chi connectivity index (χ2n) is 4.79. The lowest BCUT2D eigenvalue weighted by molar-refractivity contribution is 0.487. The number of hydrogen-bond acceptors (Lipinski definition) is 3. The summed E-state index contributed by atoms with van der Waals surface area (Å²) in [5, 5.41) is 1.07. The maximum absolute atomic E-state index is 5.92. The van der Waals surface area contributed by atoms with E-state index in [1.807, 2.05) is 61.5 Å². The Bertz CT molecular complexity index is 715. The molecule has 0 saturated heterocycles. The lowest BCUT2D eigenvalue weighted by Crippen LogP contribution is -2.04. The van der Waals surface area contributed by atoms with E-state index < -0.39 is 0 Å². The molecule has 0 saturated carbocycles. The quantitative estimate of drug-likeness (QED) is 0.776. The lowest BCUT2D eigenvalue weighted by atomic mass is 10.1. The van der Waals surface area contributed by atoms with Crippen LogP contribution < -0.4 is 10.5 Å². The number of rotatable bonds is 3. The minimum Gasteiger partial charge on any atom is -0.455 e. The van der Waals surface area contributed by atoms with Crippen LogP contribution in [0.4, 0.5) is 0 Å². The highest BCUT2D eigenvalue weighted by Crippen LogP contribution is 2.28. The van der Waals surface area contributed by atoms with Crippen LogP contribution in [-0.4, -0.2) is 4.98 Å². The summed E-state index contributed by atoms with van der Waals surface area (Å²) in [5.41, 5.74) is 7.80. The number of benzene rings is 2. The molecule has 1 aromatic heterocycles. The van der Waals surface area contributed by atoms with Gasteiger partial charge >= 0.3 is 0 Å². The van der Waals surface area contributed by atoms with Crippen LogP contribution in [0, 0.1) is 0 Å². The average molecular weight is 264 g/mol. The molecule has 0 aliphatic carbocycles. The third-order valence-electron chi connectivity index (χ3n) is 3.23. The Morgan fingerprint density at radius 1 is 1.00 bits per heavy atom. The Hall–Kier alpha value is -2.39. The molecule has 0 radical (unpaired) electrons. The molecule has 2 N–H and O–H groups in total. The molecule has 0 bridgehead atoms. The highest BCUT2D eigenvalue weighted by Gasteiger charge is 2.05. The number of ether oxygens (including phenoxy) is 1. The van der Waals surface area contributed by atoms with E-state index in [9.17, 15) is 0 Å². The molecule has 20 heavy (non-hydrogen) atoms. The molecular weight excluding hydrogens is 248 g/mol. The number of nitrogens with two attached hydrogens (primary N) is 1. The predicted molar refractivity (Wildman–Crippen MR) is 80.9 cm³/mol. The predicted octanol–water partition coefficient (Wildman–Crippen LogP) is 4.05. The van der Waals surface area contributed by atoms with E-state index in [0.29, 0.717) is 0 Å². The van der Waals surface area contributed by atoms with Crippen LogP contribution in [-0.2, 0) is 0 Å². The van der Waals surface area contributed by atoms with E-state index in [-0.39, 0.29) is 6.04 Å². The molecule has 1 atom stereocenters. The lowest BCUT2D eigenvalue weighted by Gasteiger charge is -2.10. The zero-order valence-electron chi connectivity index (χ0n) is 11.3. The van der Waals surface area contributed by atoms with Gasteiger partial charge in [-0.2, -0.15) is 0 Å². The van der Waals surface area contributed by atoms with Crippen molar-refractivity contribution in [2.75, 3.05) is 0 Å². The van der Waals surface area contributed by atoms with Crippen LogP contribution in [0.15, 0.2) is 60.8 Å². The summed E-state index contributed by atoms with van der Waals surface area (Å²) in [6.45, 7) is 1.96. The van der Waals surface area contributed by atoms with Crippen molar-refractivity contribution >= 4 is 10.9 Å². The molecule has 3 heteroatoms. The van der Waals surface area contributed by atoms with Gasteiger partial charge in [0.15, 0.2) is 5.75 Å². The normalized spacial score (nSPS) is 12.3. The van der Waals surface area contributed by atoms with Gasteiger partial charge in [-0.1, -0.05) is 30.3 Å². The molecule has 0 aliphatic rings. The topological polar surface area (TPSA) is 48.1 Å². The number of aromatic nitrogens is 1. The van der Waals surface area contributed by atoms with Crippen LogP contribution in [0.5, 0.6) is 11.5 Å². The molecule has 3 nitrogen and oxygen atoms in total. The van der Waals surface area contributed by atoms with Gasteiger partial charge in [0, 0.05) is 17.6 Å². The Morgan fingerprint density at radius 3 is 2.50 bits per heavy atom. The van der Waals surface area contributed by atoms with Gasteiger partial charge in [0.2, 0.25) is 0 Å². The van der Waals surface area contributed by atoms with E-state index in [1.165, 1.54) is 0 Å². The molecule has 0 aliphatic heterocycles. The van der Waals surface area contributed by atoms with E-state index in [4.69, 9.17) is 10.5 Å².